The molecule has 1 saturated heterocycles. The summed E-state index contributed by atoms with van der Waals surface area (Å²) in [6.45, 7) is 7.80. The van der Waals surface area contributed by atoms with Gasteiger partial charge in [0.25, 0.3) is 0 Å². The predicted molar refractivity (Wildman–Crippen MR) is 117 cm³/mol. The van der Waals surface area contributed by atoms with Crippen molar-refractivity contribution in [1.29, 1.82) is 0 Å². The number of likely N-dealkylation sites (tertiary alicyclic amines) is 1. The first-order valence-corrected chi connectivity index (χ1v) is 10.1. The van der Waals surface area contributed by atoms with E-state index < -0.39 is 0 Å². The van der Waals surface area contributed by atoms with E-state index in [1.807, 2.05) is 40.0 Å². The summed E-state index contributed by atoms with van der Waals surface area (Å²) in [5, 5.41) is 4.08. The number of aryl methyl sites for hydroxylation is 2. The van der Waals surface area contributed by atoms with E-state index >= 15 is 0 Å². The monoisotopic (exact) mass is 406 g/mol. The van der Waals surface area contributed by atoms with Crippen molar-refractivity contribution in [2.24, 2.45) is 0 Å². The summed E-state index contributed by atoms with van der Waals surface area (Å²) >= 11 is 0. The molecule has 7 heteroatoms. The van der Waals surface area contributed by atoms with Gasteiger partial charge in [-0.3, -0.25) is 4.79 Å². The van der Waals surface area contributed by atoms with Gasteiger partial charge in [0.15, 0.2) is 0 Å². The molecule has 0 bridgehead atoms. The zero-order valence-corrected chi connectivity index (χ0v) is 18.0. The van der Waals surface area contributed by atoms with Gasteiger partial charge in [0.1, 0.15) is 5.76 Å². The van der Waals surface area contributed by atoms with Crippen molar-refractivity contribution < 1.29 is 9.32 Å². The van der Waals surface area contributed by atoms with E-state index in [1.54, 1.807) is 4.90 Å². The Bertz CT molecular complexity index is 1250. The second kappa shape index (κ2) is 7.48. The van der Waals surface area contributed by atoms with E-state index in [2.05, 4.69) is 28.1 Å². The van der Waals surface area contributed by atoms with Gasteiger partial charge in [0, 0.05) is 30.3 Å². The topological polar surface area (TPSA) is 95.0 Å². The lowest BCUT2D eigenvalue weighted by Gasteiger charge is -2.22. The molecule has 0 saturated carbocycles. The normalized spacial score (nSPS) is 18.4. The molecule has 3 heterocycles. The number of amides is 1. The maximum Gasteiger partial charge on any atom is 0.323 e. The van der Waals surface area contributed by atoms with E-state index in [4.69, 9.17) is 4.52 Å². The summed E-state index contributed by atoms with van der Waals surface area (Å²) in [7, 11) is 1.82. The Morgan fingerprint density at radius 1 is 1.20 bits per heavy atom. The van der Waals surface area contributed by atoms with Crippen LogP contribution >= 0.6 is 0 Å². The van der Waals surface area contributed by atoms with E-state index in [0.717, 1.165) is 68.9 Å². The molecule has 0 radical (unpaired) electrons. The Kier molecular flexibility index (Phi) is 4.97. The highest BCUT2D eigenvalue weighted by Gasteiger charge is 2.24. The van der Waals surface area contributed by atoms with Gasteiger partial charge in [-0.15, -0.1) is 0 Å². The van der Waals surface area contributed by atoms with Crippen molar-refractivity contribution in [3.8, 4) is 11.1 Å². The van der Waals surface area contributed by atoms with Gasteiger partial charge < -0.3 is 19.4 Å². The number of allylic oxidation sites excluding steroid dienone is 3. The maximum atomic E-state index is 12.4. The number of carbonyl (C=O) groups is 1. The molecule has 3 aromatic rings. The number of rotatable bonds is 2. The Labute approximate surface area is 174 Å². The summed E-state index contributed by atoms with van der Waals surface area (Å²) in [4.78, 5) is 32.1. The molecular weight excluding hydrogens is 380 g/mol. The Balaban J connectivity index is 2.01. The standard InChI is InChI=1S/C23H26N4O3/c1-6-19-16(8-7-9-20(28)27(19)5)12(2)17-10-15(21-13(3)26-30-14(21)4)11-18-22(17)25-23(29)24-18/h6,10-11H,7-9H2,1-5H3,(H2,24,25,29)/b16-12+,19-6+. The number of imidazole rings is 1. The summed E-state index contributed by atoms with van der Waals surface area (Å²) in [5.41, 5.74) is 7.91. The zero-order chi connectivity index (χ0) is 21.6. The molecule has 1 aliphatic rings. The van der Waals surface area contributed by atoms with Crippen LogP contribution in [0.5, 0.6) is 0 Å². The Morgan fingerprint density at radius 3 is 2.63 bits per heavy atom. The first-order valence-electron chi connectivity index (χ1n) is 10.1. The number of carbonyl (C=O) groups excluding carboxylic acids is 1. The van der Waals surface area contributed by atoms with Crippen LogP contribution in [-0.2, 0) is 4.79 Å². The predicted octanol–water partition coefficient (Wildman–Crippen LogP) is 4.45. The molecule has 0 atom stereocenters. The molecule has 0 aliphatic carbocycles. The van der Waals surface area contributed by atoms with Gasteiger partial charge in [-0.05, 0) is 69.4 Å². The van der Waals surface area contributed by atoms with Crippen LogP contribution in [0.25, 0.3) is 27.7 Å². The minimum absolute atomic E-state index is 0.121. The van der Waals surface area contributed by atoms with E-state index in [-0.39, 0.29) is 11.6 Å². The van der Waals surface area contributed by atoms with Gasteiger partial charge in [-0.2, -0.15) is 0 Å². The molecule has 4 rings (SSSR count). The highest BCUT2D eigenvalue weighted by Crippen LogP contribution is 2.37. The summed E-state index contributed by atoms with van der Waals surface area (Å²) in [6, 6.07) is 4.02. The quantitative estimate of drug-likeness (QED) is 0.657. The zero-order valence-electron chi connectivity index (χ0n) is 18.0. The van der Waals surface area contributed by atoms with Crippen molar-refractivity contribution in [2.75, 3.05) is 7.05 Å². The first kappa shape index (κ1) is 19.9. The number of H-pyrrole nitrogens is 2. The molecule has 0 spiro atoms. The van der Waals surface area contributed by atoms with Crippen LogP contribution in [0.1, 0.15) is 50.1 Å². The van der Waals surface area contributed by atoms with Gasteiger partial charge >= 0.3 is 5.69 Å². The molecule has 2 aromatic heterocycles. The van der Waals surface area contributed by atoms with Crippen LogP contribution < -0.4 is 5.69 Å². The number of aromatic amines is 2. The lowest BCUT2D eigenvalue weighted by Crippen LogP contribution is -2.24. The fourth-order valence-corrected chi connectivity index (χ4v) is 4.44. The van der Waals surface area contributed by atoms with Crippen molar-refractivity contribution >= 4 is 22.5 Å². The molecule has 7 nitrogen and oxygen atoms in total. The van der Waals surface area contributed by atoms with Crippen LogP contribution in [0.4, 0.5) is 0 Å². The second-order valence-corrected chi connectivity index (χ2v) is 7.81. The maximum absolute atomic E-state index is 12.4. The van der Waals surface area contributed by atoms with Gasteiger partial charge in [0.05, 0.1) is 16.7 Å². The second-order valence-electron chi connectivity index (χ2n) is 7.81. The molecule has 2 N–H and O–H groups in total. The van der Waals surface area contributed by atoms with Crippen molar-refractivity contribution in [1.82, 2.24) is 20.0 Å². The summed E-state index contributed by atoms with van der Waals surface area (Å²) in [5.74, 6) is 0.852. The minimum atomic E-state index is -0.251. The largest absolute Gasteiger partial charge is 0.361 e. The lowest BCUT2D eigenvalue weighted by molar-refractivity contribution is -0.127. The number of fused-ring (bicyclic) bond motifs is 1. The summed E-state index contributed by atoms with van der Waals surface area (Å²) < 4.78 is 5.37. The number of benzene rings is 1. The summed E-state index contributed by atoms with van der Waals surface area (Å²) in [6.07, 6.45) is 4.11. The van der Waals surface area contributed by atoms with Gasteiger partial charge in [-0.1, -0.05) is 11.2 Å². The molecule has 30 heavy (non-hydrogen) atoms. The van der Waals surface area contributed by atoms with E-state index in [0.29, 0.717) is 6.42 Å². The average Bonchev–Trinajstić information content (AvgIpc) is 3.21. The van der Waals surface area contributed by atoms with Crippen LogP contribution in [-0.4, -0.2) is 33.0 Å². The number of likely N-dealkylation sites (N-methyl/N-ethyl adjacent to an activating group) is 1. The molecular formula is C23H26N4O3. The number of nitrogens with zero attached hydrogens (tertiary/aromatic N) is 2. The fourth-order valence-electron chi connectivity index (χ4n) is 4.44. The molecule has 0 unspecified atom stereocenters. The minimum Gasteiger partial charge on any atom is -0.361 e. The smallest absolute Gasteiger partial charge is 0.323 e. The van der Waals surface area contributed by atoms with E-state index in [1.165, 1.54) is 0 Å². The van der Waals surface area contributed by atoms with Crippen LogP contribution in [0.2, 0.25) is 0 Å². The van der Waals surface area contributed by atoms with Crippen molar-refractivity contribution in [3.63, 3.8) is 0 Å². The Hall–Kier alpha value is -3.35. The number of aromatic nitrogens is 3. The molecule has 156 valence electrons. The molecule has 1 fully saturated rings. The third-order valence-corrected chi connectivity index (χ3v) is 5.94. The van der Waals surface area contributed by atoms with Crippen molar-refractivity contribution in [2.45, 2.75) is 47.0 Å². The van der Waals surface area contributed by atoms with E-state index in [9.17, 15) is 9.59 Å². The number of hydrogen-bond acceptors (Lipinski definition) is 4. The molecule has 1 amide bonds. The molecule has 1 aliphatic heterocycles. The number of nitrogens with one attached hydrogen (secondary N) is 2. The first-order chi connectivity index (χ1) is 14.3. The highest BCUT2D eigenvalue weighted by molar-refractivity contribution is 5.95. The Morgan fingerprint density at radius 2 is 1.97 bits per heavy atom. The highest BCUT2D eigenvalue weighted by atomic mass is 16.5. The van der Waals surface area contributed by atoms with Gasteiger partial charge in [-0.25, -0.2) is 4.79 Å². The third kappa shape index (κ3) is 3.20. The molecule has 1 aromatic carbocycles. The SMILES string of the molecule is C/C=C1\C(=C(/C)c2cc(-c3c(C)noc3C)cc3[nH]c(=O)[nH]c23)CCCC(=O)N1C. The van der Waals surface area contributed by atoms with Crippen LogP contribution in [0.15, 0.2) is 38.8 Å². The fraction of sp³-hybridized carbons (Fsp3) is 0.348. The van der Waals surface area contributed by atoms with Crippen molar-refractivity contribution in [3.05, 3.63) is 57.0 Å². The van der Waals surface area contributed by atoms with Crippen LogP contribution in [0, 0.1) is 13.8 Å². The van der Waals surface area contributed by atoms with Crippen LogP contribution in [0.3, 0.4) is 0 Å². The lowest BCUT2D eigenvalue weighted by atomic mass is 9.92. The van der Waals surface area contributed by atoms with Gasteiger partial charge in [0.2, 0.25) is 5.91 Å². The third-order valence-electron chi connectivity index (χ3n) is 5.94. The number of hydrogen-bond donors (Lipinski definition) is 2. The average molecular weight is 406 g/mol.